The first-order chi connectivity index (χ1) is 10.6. The van der Waals surface area contributed by atoms with E-state index in [-0.39, 0.29) is 0 Å². The third kappa shape index (κ3) is 3.13. The van der Waals surface area contributed by atoms with Crippen molar-refractivity contribution >= 4 is 33.1 Å². The molecule has 22 heavy (non-hydrogen) atoms. The number of fused-ring (bicyclic) bond motifs is 2. The zero-order chi connectivity index (χ0) is 15.5. The minimum atomic E-state index is 0.742. The molecular weight excluding hydrogens is 292 g/mol. The van der Waals surface area contributed by atoms with Crippen molar-refractivity contribution in [3.05, 3.63) is 65.0 Å². The summed E-state index contributed by atoms with van der Waals surface area (Å²) in [5, 5.41) is 6.39. The number of hydrogen-bond donors (Lipinski definition) is 0. The van der Waals surface area contributed by atoms with Gasteiger partial charge in [0.05, 0.1) is 11.9 Å². The maximum Gasteiger partial charge on any atom is 0.0732 e. The molecule has 0 saturated heterocycles. The highest BCUT2D eigenvalue weighted by molar-refractivity contribution is 6.31. The van der Waals surface area contributed by atoms with E-state index in [1.54, 1.807) is 0 Å². The maximum absolute atomic E-state index is 6.22. The van der Waals surface area contributed by atoms with E-state index in [9.17, 15) is 0 Å². The van der Waals surface area contributed by atoms with Crippen LogP contribution in [0.2, 0.25) is 5.02 Å². The molecule has 0 unspecified atom stereocenters. The molecule has 0 aliphatic rings. The number of likely N-dealkylation sites (N-methyl/N-ethyl adjacent to an activating group) is 1. The summed E-state index contributed by atoms with van der Waals surface area (Å²) in [4.78, 5) is 7.03. The van der Waals surface area contributed by atoms with E-state index in [1.165, 1.54) is 10.8 Å². The van der Waals surface area contributed by atoms with Crippen molar-refractivity contribution in [3.63, 3.8) is 0 Å². The molecule has 0 bridgehead atoms. The van der Waals surface area contributed by atoms with E-state index in [2.05, 4.69) is 61.5 Å². The smallest absolute Gasteiger partial charge is 0.0732 e. The first kappa shape index (κ1) is 15.0. The van der Waals surface area contributed by atoms with Gasteiger partial charge in [-0.15, -0.1) is 0 Å². The Bertz CT molecular complexity index is 885. The number of rotatable bonds is 3. The van der Waals surface area contributed by atoms with Crippen LogP contribution >= 0.6 is 11.6 Å². The van der Waals surface area contributed by atoms with E-state index in [0.717, 1.165) is 34.2 Å². The summed E-state index contributed by atoms with van der Waals surface area (Å²) < 4.78 is 0. The van der Waals surface area contributed by atoms with Gasteiger partial charge in [-0.1, -0.05) is 54.1 Å². The third-order valence-corrected chi connectivity index (χ3v) is 3.98. The summed E-state index contributed by atoms with van der Waals surface area (Å²) in [6.45, 7) is 1.69. The number of nitrogens with zero attached hydrogens (tertiary/aromatic N) is 2. The van der Waals surface area contributed by atoms with Gasteiger partial charge in [-0.3, -0.25) is 4.99 Å². The molecule has 0 aliphatic heterocycles. The molecule has 0 spiro atoms. The van der Waals surface area contributed by atoms with Gasteiger partial charge in [0.1, 0.15) is 0 Å². The molecule has 3 heteroatoms. The van der Waals surface area contributed by atoms with E-state index < -0.39 is 0 Å². The summed E-state index contributed by atoms with van der Waals surface area (Å²) in [6.07, 6.45) is 0. The maximum atomic E-state index is 6.22. The van der Waals surface area contributed by atoms with Gasteiger partial charge < -0.3 is 4.90 Å². The quantitative estimate of drug-likeness (QED) is 0.711. The molecule has 0 heterocycles. The summed E-state index contributed by atoms with van der Waals surface area (Å²) in [5.74, 6) is 0. The van der Waals surface area contributed by atoms with Crippen LogP contribution in [0.5, 0.6) is 0 Å². The number of benzene rings is 2. The fourth-order valence-electron chi connectivity index (χ4n) is 2.59. The Morgan fingerprint density at radius 1 is 0.909 bits per heavy atom. The molecule has 0 aromatic heterocycles. The molecule has 0 atom stereocenters. The molecule has 0 aliphatic carbocycles. The van der Waals surface area contributed by atoms with Gasteiger partial charge >= 0.3 is 0 Å². The minimum absolute atomic E-state index is 0.742. The number of halogens is 1. The van der Waals surface area contributed by atoms with Crippen molar-refractivity contribution < 1.29 is 0 Å². The summed E-state index contributed by atoms with van der Waals surface area (Å²) in [7, 11) is 4.13. The lowest BCUT2D eigenvalue weighted by Crippen LogP contribution is -2.17. The van der Waals surface area contributed by atoms with Crippen molar-refractivity contribution in [2.24, 2.45) is 4.99 Å². The Balaban J connectivity index is 2.37. The summed E-state index contributed by atoms with van der Waals surface area (Å²) in [6, 6.07) is 18.7. The highest BCUT2D eigenvalue weighted by Gasteiger charge is 2.02. The molecule has 0 radical (unpaired) electrons. The Hall–Kier alpha value is -1.90. The van der Waals surface area contributed by atoms with Crippen molar-refractivity contribution in [1.82, 2.24) is 4.90 Å². The van der Waals surface area contributed by atoms with Crippen LogP contribution in [0.1, 0.15) is 0 Å². The van der Waals surface area contributed by atoms with Crippen LogP contribution in [0.25, 0.3) is 21.5 Å². The van der Waals surface area contributed by atoms with Crippen molar-refractivity contribution in [2.45, 2.75) is 0 Å². The van der Waals surface area contributed by atoms with Crippen LogP contribution in [-0.4, -0.2) is 32.1 Å². The van der Waals surface area contributed by atoms with Crippen LogP contribution in [0, 0.1) is 0 Å². The van der Waals surface area contributed by atoms with E-state index in [4.69, 9.17) is 16.6 Å². The molecule has 2 nitrogen and oxygen atoms in total. The van der Waals surface area contributed by atoms with Crippen molar-refractivity contribution in [3.8, 4) is 0 Å². The Morgan fingerprint density at radius 3 is 2.36 bits per heavy atom. The van der Waals surface area contributed by atoms with Gasteiger partial charge in [0.25, 0.3) is 0 Å². The average Bonchev–Trinajstić information content (AvgIpc) is 2.65. The van der Waals surface area contributed by atoms with Gasteiger partial charge in [0.15, 0.2) is 0 Å². The second-order valence-electron chi connectivity index (χ2n) is 5.69. The van der Waals surface area contributed by atoms with Gasteiger partial charge in [0, 0.05) is 22.3 Å². The van der Waals surface area contributed by atoms with Gasteiger partial charge in [-0.05, 0) is 37.0 Å². The van der Waals surface area contributed by atoms with Crippen LogP contribution in [-0.2, 0) is 0 Å². The predicted octanol–water partition coefficient (Wildman–Crippen LogP) is 4.11. The highest BCUT2D eigenvalue weighted by Crippen LogP contribution is 2.19. The lowest BCUT2D eigenvalue weighted by atomic mass is 10.1. The van der Waals surface area contributed by atoms with E-state index in [1.807, 2.05) is 12.1 Å². The van der Waals surface area contributed by atoms with E-state index in [0.29, 0.717) is 0 Å². The molecule has 0 N–H and O–H groups in total. The van der Waals surface area contributed by atoms with Crippen LogP contribution in [0.15, 0.2) is 59.6 Å². The van der Waals surface area contributed by atoms with Gasteiger partial charge in [-0.2, -0.15) is 0 Å². The van der Waals surface area contributed by atoms with Crippen LogP contribution in [0.4, 0.5) is 0 Å². The highest BCUT2D eigenvalue weighted by atomic mass is 35.5. The second kappa shape index (κ2) is 6.47. The van der Waals surface area contributed by atoms with E-state index >= 15 is 0 Å². The lowest BCUT2D eigenvalue weighted by molar-refractivity contribution is 0.419. The minimum Gasteiger partial charge on any atom is -0.308 e. The summed E-state index contributed by atoms with van der Waals surface area (Å²) >= 11 is 6.22. The van der Waals surface area contributed by atoms with Crippen LogP contribution < -0.4 is 5.36 Å². The first-order valence-electron chi connectivity index (χ1n) is 7.42. The molecule has 3 aromatic carbocycles. The average molecular weight is 311 g/mol. The fraction of sp³-hybridized carbons (Fsp3) is 0.211. The molecular formula is C19H19ClN2. The van der Waals surface area contributed by atoms with Crippen LogP contribution in [0.3, 0.4) is 0 Å². The second-order valence-corrected chi connectivity index (χ2v) is 6.12. The lowest BCUT2D eigenvalue weighted by Gasteiger charge is -2.06. The number of hydrogen-bond acceptors (Lipinski definition) is 2. The standard InChI is InChI=1S/C19H19ClN2/c1-22(2)12-11-21-19-17-6-4-3-5-14(17)7-8-15-9-10-16(20)13-18(15)19/h3-10,13H,11-12H2,1-2H3/b21-19-. The molecule has 0 fully saturated rings. The first-order valence-corrected chi connectivity index (χ1v) is 7.79. The molecule has 0 saturated carbocycles. The molecule has 0 amide bonds. The third-order valence-electron chi connectivity index (χ3n) is 3.75. The summed E-state index contributed by atoms with van der Waals surface area (Å²) in [5.41, 5.74) is 0. The van der Waals surface area contributed by atoms with Crippen molar-refractivity contribution in [2.75, 3.05) is 27.2 Å². The van der Waals surface area contributed by atoms with Gasteiger partial charge in [0.2, 0.25) is 0 Å². The van der Waals surface area contributed by atoms with Gasteiger partial charge in [-0.25, -0.2) is 0 Å². The molecule has 3 aromatic rings. The topological polar surface area (TPSA) is 15.6 Å². The fourth-order valence-corrected chi connectivity index (χ4v) is 2.77. The SMILES string of the molecule is CN(C)CC/N=c1/c2ccccc2ccc2ccc(Cl)cc12. The Labute approximate surface area is 135 Å². The molecule has 3 rings (SSSR count). The normalized spacial score (nSPS) is 12.5. The van der Waals surface area contributed by atoms with Crippen molar-refractivity contribution in [1.29, 1.82) is 0 Å². The molecule has 112 valence electrons. The zero-order valence-corrected chi connectivity index (χ0v) is 13.6. The predicted molar refractivity (Wildman–Crippen MR) is 95.4 cm³/mol. The Kier molecular flexibility index (Phi) is 4.41. The monoisotopic (exact) mass is 310 g/mol. The zero-order valence-electron chi connectivity index (χ0n) is 12.9. The Morgan fingerprint density at radius 2 is 1.59 bits per heavy atom. The largest absolute Gasteiger partial charge is 0.308 e.